The second kappa shape index (κ2) is 13.4. The van der Waals surface area contributed by atoms with Crippen LogP contribution >= 0.6 is 0 Å². The van der Waals surface area contributed by atoms with Crippen molar-refractivity contribution in [3.63, 3.8) is 0 Å². The van der Waals surface area contributed by atoms with Gasteiger partial charge >= 0.3 is 6.03 Å². The highest BCUT2D eigenvalue weighted by Gasteiger charge is 2.16. The van der Waals surface area contributed by atoms with Crippen molar-refractivity contribution < 1.29 is 32.6 Å². The van der Waals surface area contributed by atoms with E-state index < -0.39 is 23.6 Å². The maximum Gasteiger partial charge on any atom is 0.325 e. The van der Waals surface area contributed by atoms with Gasteiger partial charge in [-0.2, -0.15) is 0 Å². The van der Waals surface area contributed by atoms with Gasteiger partial charge in [0.15, 0.2) is 23.1 Å². The number of carbonyl (C=O) groups is 2. The number of ether oxygens (including phenoxy) is 3. The lowest BCUT2D eigenvalue weighted by atomic mass is 10.1. The first-order valence-corrected chi connectivity index (χ1v) is 13.3. The fourth-order valence-corrected chi connectivity index (χ4v) is 4.27. The van der Waals surface area contributed by atoms with E-state index in [2.05, 4.69) is 20.6 Å². The SMILES string of the molecule is COc1cc2c(Oc3ccc(NC(=O)NC(=O)Cc4ccccc4F)cc3F)ccnc2cc1OCCCn1ccnc1. The van der Waals surface area contributed by atoms with Gasteiger partial charge in [-0.15, -0.1) is 0 Å². The fourth-order valence-electron chi connectivity index (χ4n) is 4.27. The van der Waals surface area contributed by atoms with E-state index in [4.69, 9.17) is 14.2 Å². The van der Waals surface area contributed by atoms with E-state index in [1.54, 1.807) is 36.8 Å². The Hall–Kier alpha value is -5.52. The number of anilines is 1. The first kappa shape index (κ1) is 29.0. The number of nitrogens with zero attached hydrogens (tertiary/aromatic N) is 3. The maximum atomic E-state index is 15.0. The number of aromatic nitrogens is 3. The molecule has 2 aromatic heterocycles. The number of aryl methyl sites for hydroxylation is 1. The Bertz CT molecular complexity index is 1750. The number of halogens is 2. The largest absolute Gasteiger partial charge is 0.493 e. The van der Waals surface area contributed by atoms with Gasteiger partial charge in [-0.1, -0.05) is 18.2 Å². The van der Waals surface area contributed by atoms with Gasteiger partial charge in [-0.3, -0.25) is 15.1 Å². The first-order chi connectivity index (χ1) is 20.9. The summed E-state index contributed by atoms with van der Waals surface area (Å²) in [6, 6.07) is 13.7. The standard InChI is InChI=1S/C31H27F2N5O5/c1-41-28-17-22-25(18-29(28)42-14-4-12-38-13-11-34-19-38)35-10-9-26(22)43-27-8-7-21(16-24(27)33)36-31(40)37-30(39)15-20-5-2-3-6-23(20)32/h2-3,5-11,13,16-19H,4,12,14-15H2,1H3,(H2,36,37,39,40). The number of methoxy groups -OCH3 is 1. The summed E-state index contributed by atoms with van der Waals surface area (Å²) in [5.41, 5.74) is 0.780. The van der Waals surface area contributed by atoms with Crippen molar-refractivity contribution in [2.45, 2.75) is 19.4 Å². The van der Waals surface area contributed by atoms with Gasteiger partial charge in [0.2, 0.25) is 5.91 Å². The predicted molar refractivity (Wildman–Crippen MR) is 154 cm³/mol. The number of hydrogen-bond acceptors (Lipinski definition) is 7. The van der Waals surface area contributed by atoms with E-state index in [1.807, 2.05) is 10.8 Å². The third-order valence-electron chi connectivity index (χ3n) is 6.34. The predicted octanol–water partition coefficient (Wildman–Crippen LogP) is 5.87. The monoisotopic (exact) mass is 587 g/mol. The minimum Gasteiger partial charge on any atom is -0.493 e. The highest BCUT2D eigenvalue weighted by atomic mass is 19.1. The first-order valence-electron chi connectivity index (χ1n) is 13.3. The molecule has 3 aromatic carbocycles. The molecule has 0 aliphatic heterocycles. The molecule has 0 aliphatic rings. The van der Waals surface area contributed by atoms with Gasteiger partial charge in [0.05, 0.1) is 32.0 Å². The highest BCUT2D eigenvalue weighted by molar-refractivity contribution is 6.01. The number of urea groups is 1. The number of pyridine rings is 1. The summed E-state index contributed by atoms with van der Waals surface area (Å²) in [5, 5.41) is 5.04. The Morgan fingerprint density at radius 2 is 1.79 bits per heavy atom. The zero-order valence-electron chi connectivity index (χ0n) is 23.1. The molecule has 0 aliphatic carbocycles. The van der Waals surface area contributed by atoms with E-state index in [0.717, 1.165) is 19.0 Å². The van der Waals surface area contributed by atoms with E-state index >= 15 is 0 Å². The van der Waals surface area contributed by atoms with E-state index in [1.165, 1.54) is 43.6 Å². The van der Waals surface area contributed by atoms with Crippen LogP contribution in [0.1, 0.15) is 12.0 Å². The Morgan fingerprint density at radius 1 is 0.930 bits per heavy atom. The van der Waals surface area contributed by atoms with Gasteiger partial charge in [0.1, 0.15) is 11.6 Å². The average Bonchev–Trinajstić information content (AvgIpc) is 3.51. The lowest BCUT2D eigenvalue weighted by Crippen LogP contribution is -2.35. The van der Waals surface area contributed by atoms with Gasteiger partial charge in [-0.05, 0) is 42.3 Å². The summed E-state index contributed by atoms with van der Waals surface area (Å²) < 4.78 is 48.0. The number of fused-ring (bicyclic) bond motifs is 1. The molecule has 0 spiro atoms. The Morgan fingerprint density at radius 3 is 2.56 bits per heavy atom. The normalized spacial score (nSPS) is 10.8. The van der Waals surface area contributed by atoms with Crippen LogP contribution in [-0.2, 0) is 17.8 Å². The quantitative estimate of drug-likeness (QED) is 0.186. The van der Waals surface area contributed by atoms with Crippen molar-refractivity contribution in [2.75, 3.05) is 19.0 Å². The van der Waals surface area contributed by atoms with Gasteiger partial charge in [0, 0.05) is 48.3 Å². The van der Waals surface area contributed by atoms with Crippen LogP contribution in [0.4, 0.5) is 19.3 Å². The van der Waals surface area contributed by atoms with Crippen LogP contribution < -0.4 is 24.8 Å². The van der Waals surface area contributed by atoms with Crippen LogP contribution in [0.15, 0.2) is 85.6 Å². The number of hydrogen-bond donors (Lipinski definition) is 2. The van der Waals surface area contributed by atoms with E-state index in [-0.39, 0.29) is 23.4 Å². The minimum absolute atomic E-state index is 0.0807. The van der Waals surface area contributed by atoms with Crippen LogP contribution in [0.3, 0.4) is 0 Å². The summed E-state index contributed by atoms with van der Waals surface area (Å²) >= 11 is 0. The Kier molecular flexibility index (Phi) is 9.05. The molecule has 0 unspecified atom stereocenters. The zero-order chi connectivity index (χ0) is 30.2. The molecule has 0 saturated heterocycles. The molecular weight excluding hydrogens is 560 g/mol. The summed E-state index contributed by atoms with van der Waals surface area (Å²) in [7, 11) is 1.52. The third kappa shape index (κ3) is 7.41. The highest BCUT2D eigenvalue weighted by Crippen LogP contribution is 2.38. The van der Waals surface area contributed by atoms with Crippen molar-refractivity contribution in [1.82, 2.24) is 19.9 Å². The summed E-state index contributed by atoms with van der Waals surface area (Å²) in [4.78, 5) is 32.8. The molecule has 0 bridgehead atoms. The number of imidazole rings is 1. The molecule has 0 fully saturated rings. The maximum absolute atomic E-state index is 15.0. The molecule has 2 N–H and O–H groups in total. The van der Waals surface area contributed by atoms with Crippen LogP contribution in [0.5, 0.6) is 23.0 Å². The summed E-state index contributed by atoms with van der Waals surface area (Å²) in [6.07, 6.45) is 7.30. The van der Waals surface area contributed by atoms with E-state index in [0.29, 0.717) is 34.8 Å². The van der Waals surface area contributed by atoms with Crippen LogP contribution in [0.25, 0.3) is 10.9 Å². The van der Waals surface area contributed by atoms with Crippen LogP contribution in [0.2, 0.25) is 0 Å². The van der Waals surface area contributed by atoms with E-state index in [9.17, 15) is 18.4 Å². The summed E-state index contributed by atoms with van der Waals surface area (Å²) in [6.45, 7) is 1.20. The molecule has 12 heteroatoms. The van der Waals surface area contributed by atoms with Crippen molar-refractivity contribution in [3.05, 3.63) is 103 Å². The molecule has 2 heterocycles. The van der Waals surface area contributed by atoms with Gasteiger partial charge in [0.25, 0.3) is 0 Å². The fraction of sp³-hybridized carbons (Fsp3) is 0.161. The molecule has 0 saturated carbocycles. The van der Waals surface area contributed by atoms with Crippen LogP contribution in [0, 0.1) is 11.6 Å². The molecule has 5 rings (SSSR count). The van der Waals surface area contributed by atoms with Crippen molar-refractivity contribution in [1.29, 1.82) is 0 Å². The summed E-state index contributed by atoms with van der Waals surface area (Å²) in [5.74, 6) is -0.834. The molecule has 10 nitrogen and oxygen atoms in total. The number of amides is 3. The number of carbonyl (C=O) groups excluding carboxylic acids is 2. The lowest BCUT2D eigenvalue weighted by Gasteiger charge is -2.14. The van der Waals surface area contributed by atoms with Crippen molar-refractivity contribution in [3.8, 4) is 23.0 Å². The third-order valence-corrected chi connectivity index (χ3v) is 6.34. The molecule has 43 heavy (non-hydrogen) atoms. The number of rotatable bonds is 11. The molecule has 3 amide bonds. The van der Waals surface area contributed by atoms with Crippen molar-refractivity contribution >= 4 is 28.5 Å². The average molecular weight is 588 g/mol. The second-order valence-electron chi connectivity index (χ2n) is 9.35. The number of benzene rings is 3. The molecule has 0 atom stereocenters. The van der Waals surface area contributed by atoms with Gasteiger partial charge < -0.3 is 24.1 Å². The molecular formula is C31H27F2N5O5. The zero-order valence-corrected chi connectivity index (χ0v) is 23.1. The molecule has 0 radical (unpaired) electrons. The lowest BCUT2D eigenvalue weighted by molar-refractivity contribution is -0.119. The topological polar surface area (TPSA) is 117 Å². The Balaban J connectivity index is 1.22. The van der Waals surface area contributed by atoms with Gasteiger partial charge in [-0.25, -0.2) is 18.6 Å². The smallest absolute Gasteiger partial charge is 0.325 e. The van der Waals surface area contributed by atoms with Crippen molar-refractivity contribution in [2.24, 2.45) is 0 Å². The minimum atomic E-state index is -0.888. The Labute approximate surface area is 245 Å². The van der Waals surface area contributed by atoms with Crippen LogP contribution in [-0.4, -0.2) is 40.2 Å². The molecule has 5 aromatic rings. The second-order valence-corrected chi connectivity index (χ2v) is 9.35. The molecule has 220 valence electrons. The number of nitrogens with one attached hydrogen (secondary N) is 2. The number of imide groups is 1.